The van der Waals surface area contributed by atoms with E-state index in [-0.39, 0.29) is 5.02 Å². The number of pyridine rings is 1. The monoisotopic (exact) mass is 283 g/mol. The molecule has 94 valence electrons. The smallest absolute Gasteiger partial charge is 0.327 e. The maximum atomic E-state index is 11.2. The minimum Gasteiger partial charge on any atom is -0.480 e. The Kier molecular flexibility index (Phi) is 3.94. The predicted molar refractivity (Wildman–Crippen MR) is 70.1 cm³/mol. The molecule has 1 N–H and O–H groups in total. The third-order valence-corrected chi connectivity index (χ3v) is 4.07. The van der Waals surface area contributed by atoms with Crippen molar-refractivity contribution < 1.29 is 9.90 Å². The van der Waals surface area contributed by atoms with Crippen molar-refractivity contribution in [1.82, 2.24) is 4.98 Å². The predicted octanol–water partition coefficient (Wildman–Crippen LogP) is 1.61. The van der Waals surface area contributed by atoms with E-state index in [4.69, 9.17) is 16.9 Å². The normalized spacial score (nSPS) is 19.3. The standard InChI is InChI=1S/C11H10ClN3O2S/c12-9-7(5-13)1-2-14-10(9)15-3-4-18-6-8(15)11(16)17/h1-2,8H,3-4,6H2,(H,16,17). The number of thioether (sulfide) groups is 1. The van der Waals surface area contributed by atoms with Gasteiger partial charge in [-0.05, 0) is 6.07 Å². The SMILES string of the molecule is N#Cc1ccnc(N2CCSCC2C(=O)O)c1Cl. The molecule has 1 aliphatic rings. The molecule has 0 spiro atoms. The number of hydrogen-bond donors (Lipinski definition) is 1. The molecule has 2 rings (SSSR count). The molecule has 2 heterocycles. The Morgan fingerprint density at radius 1 is 1.72 bits per heavy atom. The van der Waals surface area contributed by atoms with Gasteiger partial charge in [-0.3, -0.25) is 0 Å². The second-order valence-corrected chi connectivity index (χ2v) is 5.26. The van der Waals surface area contributed by atoms with Crippen molar-refractivity contribution in [3.05, 3.63) is 22.8 Å². The van der Waals surface area contributed by atoms with Crippen LogP contribution in [0.5, 0.6) is 0 Å². The van der Waals surface area contributed by atoms with E-state index in [0.29, 0.717) is 23.7 Å². The zero-order chi connectivity index (χ0) is 13.1. The van der Waals surface area contributed by atoms with Gasteiger partial charge in [-0.15, -0.1) is 0 Å². The van der Waals surface area contributed by atoms with Crippen LogP contribution < -0.4 is 4.90 Å². The van der Waals surface area contributed by atoms with Gasteiger partial charge < -0.3 is 10.0 Å². The van der Waals surface area contributed by atoms with Gasteiger partial charge in [0, 0.05) is 24.2 Å². The third kappa shape index (κ3) is 2.37. The van der Waals surface area contributed by atoms with Crippen molar-refractivity contribution in [2.24, 2.45) is 0 Å². The van der Waals surface area contributed by atoms with Crippen LogP contribution in [0.3, 0.4) is 0 Å². The number of rotatable bonds is 2. The molecular weight excluding hydrogens is 274 g/mol. The van der Waals surface area contributed by atoms with Crippen molar-refractivity contribution in [3.63, 3.8) is 0 Å². The molecular formula is C11H10ClN3O2S. The van der Waals surface area contributed by atoms with Crippen LogP contribution in [0.1, 0.15) is 5.56 Å². The number of halogens is 1. The fraction of sp³-hybridized carbons (Fsp3) is 0.364. The fourth-order valence-corrected chi connectivity index (χ4v) is 3.08. The molecule has 1 aromatic heterocycles. The minimum absolute atomic E-state index is 0.221. The Labute approximate surface area is 113 Å². The number of nitrogens with zero attached hydrogens (tertiary/aromatic N) is 3. The van der Waals surface area contributed by atoms with E-state index >= 15 is 0 Å². The highest BCUT2D eigenvalue weighted by molar-refractivity contribution is 7.99. The van der Waals surface area contributed by atoms with Crippen molar-refractivity contribution in [1.29, 1.82) is 5.26 Å². The van der Waals surface area contributed by atoms with Crippen molar-refractivity contribution in [2.75, 3.05) is 23.0 Å². The van der Waals surface area contributed by atoms with E-state index in [1.54, 1.807) is 16.7 Å². The van der Waals surface area contributed by atoms with Gasteiger partial charge in [-0.1, -0.05) is 11.6 Å². The summed E-state index contributed by atoms with van der Waals surface area (Å²) in [5, 5.41) is 18.3. The van der Waals surface area contributed by atoms with Gasteiger partial charge >= 0.3 is 5.97 Å². The summed E-state index contributed by atoms with van der Waals surface area (Å²) in [4.78, 5) is 17.0. The van der Waals surface area contributed by atoms with Crippen molar-refractivity contribution >= 4 is 35.1 Å². The van der Waals surface area contributed by atoms with E-state index in [1.807, 2.05) is 6.07 Å². The Hall–Kier alpha value is -1.45. The molecule has 0 radical (unpaired) electrons. The highest BCUT2D eigenvalue weighted by atomic mass is 35.5. The number of aliphatic carboxylic acids is 1. The maximum Gasteiger partial charge on any atom is 0.327 e. The van der Waals surface area contributed by atoms with Gasteiger partial charge in [-0.25, -0.2) is 9.78 Å². The fourth-order valence-electron chi connectivity index (χ4n) is 1.78. The lowest BCUT2D eigenvalue weighted by Crippen LogP contribution is -2.48. The quantitative estimate of drug-likeness (QED) is 0.888. The van der Waals surface area contributed by atoms with Gasteiger partial charge in [0.1, 0.15) is 23.0 Å². The van der Waals surface area contributed by atoms with Crippen LogP contribution in [0, 0.1) is 11.3 Å². The summed E-state index contributed by atoms with van der Waals surface area (Å²) in [6, 6.07) is 2.83. The number of carboxylic acid groups (broad SMARTS) is 1. The first kappa shape index (κ1) is 13.0. The molecule has 7 heteroatoms. The molecule has 1 saturated heterocycles. The maximum absolute atomic E-state index is 11.2. The van der Waals surface area contributed by atoms with Crippen LogP contribution in [0.4, 0.5) is 5.82 Å². The minimum atomic E-state index is -0.901. The van der Waals surface area contributed by atoms with E-state index in [1.165, 1.54) is 12.3 Å². The second kappa shape index (κ2) is 5.46. The van der Waals surface area contributed by atoms with Gasteiger partial charge in [0.05, 0.1) is 5.56 Å². The molecule has 18 heavy (non-hydrogen) atoms. The van der Waals surface area contributed by atoms with Crippen LogP contribution in [0.2, 0.25) is 5.02 Å². The average molecular weight is 284 g/mol. The molecule has 0 amide bonds. The molecule has 0 bridgehead atoms. The van der Waals surface area contributed by atoms with Gasteiger partial charge in [0.2, 0.25) is 0 Å². The Morgan fingerprint density at radius 2 is 2.50 bits per heavy atom. The number of anilines is 1. The Balaban J connectivity index is 2.40. The molecule has 1 aliphatic heterocycles. The number of hydrogen-bond acceptors (Lipinski definition) is 5. The van der Waals surface area contributed by atoms with Crippen molar-refractivity contribution in [2.45, 2.75) is 6.04 Å². The van der Waals surface area contributed by atoms with E-state index < -0.39 is 12.0 Å². The van der Waals surface area contributed by atoms with Gasteiger partial charge in [-0.2, -0.15) is 17.0 Å². The molecule has 1 aromatic rings. The van der Waals surface area contributed by atoms with E-state index in [0.717, 1.165) is 5.75 Å². The first-order valence-corrected chi connectivity index (χ1v) is 6.80. The number of carboxylic acids is 1. The van der Waals surface area contributed by atoms with Crippen molar-refractivity contribution in [3.8, 4) is 6.07 Å². The lowest BCUT2D eigenvalue weighted by atomic mass is 10.2. The van der Waals surface area contributed by atoms with E-state index in [9.17, 15) is 9.90 Å². The van der Waals surface area contributed by atoms with Crippen LogP contribution in [0.25, 0.3) is 0 Å². The average Bonchev–Trinajstić information content (AvgIpc) is 2.39. The third-order valence-electron chi connectivity index (χ3n) is 2.68. The molecule has 0 saturated carbocycles. The summed E-state index contributed by atoms with van der Waals surface area (Å²) in [6.07, 6.45) is 1.47. The van der Waals surface area contributed by atoms with Gasteiger partial charge in [0.15, 0.2) is 0 Å². The summed E-state index contributed by atoms with van der Waals surface area (Å²) < 4.78 is 0. The Morgan fingerprint density at radius 3 is 3.17 bits per heavy atom. The van der Waals surface area contributed by atoms with Crippen LogP contribution in [-0.2, 0) is 4.79 Å². The highest BCUT2D eigenvalue weighted by Gasteiger charge is 2.31. The van der Waals surface area contributed by atoms with Crippen LogP contribution in [-0.4, -0.2) is 40.2 Å². The van der Waals surface area contributed by atoms with Gasteiger partial charge in [0.25, 0.3) is 0 Å². The number of carbonyl (C=O) groups is 1. The molecule has 1 atom stereocenters. The topological polar surface area (TPSA) is 77.2 Å². The number of aromatic nitrogens is 1. The first-order valence-electron chi connectivity index (χ1n) is 5.27. The highest BCUT2D eigenvalue weighted by Crippen LogP contribution is 2.30. The molecule has 1 fully saturated rings. The lowest BCUT2D eigenvalue weighted by molar-refractivity contribution is -0.138. The summed E-state index contributed by atoms with van der Waals surface area (Å²) in [5.41, 5.74) is 0.309. The summed E-state index contributed by atoms with van der Waals surface area (Å²) in [5.74, 6) is 0.786. The second-order valence-electron chi connectivity index (χ2n) is 3.73. The summed E-state index contributed by atoms with van der Waals surface area (Å²) >= 11 is 7.67. The zero-order valence-electron chi connectivity index (χ0n) is 9.34. The summed E-state index contributed by atoms with van der Waals surface area (Å²) in [7, 11) is 0. The molecule has 0 aromatic carbocycles. The summed E-state index contributed by atoms with van der Waals surface area (Å²) in [6.45, 7) is 0.559. The van der Waals surface area contributed by atoms with E-state index in [2.05, 4.69) is 4.98 Å². The molecule has 1 unspecified atom stereocenters. The molecule has 0 aliphatic carbocycles. The number of nitriles is 1. The molecule has 5 nitrogen and oxygen atoms in total. The lowest BCUT2D eigenvalue weighted by Gasteiger charge is -2.34. The van der Waals surface area contributed by atoms with Crippen LogP contribution in [0.15, 0.2) is 12.3 Å². The first-order chi connectivity index (χ1) is 8.65. The largest absolute Gasteiger partial charge is 0.480 e. The van der Waals surface area contributed by atoms with Crippen LogP contribution >= 0.6 is 23.4 Å². The Bertz CT molecular complexity index is 518. The zero-order valence-corrected chi connectivity index (χ0v) is 10.9.